The second-order valence-corrected chi connectivity index (χ2v) is 25.1. The van der Waals surface area contributed by atoms with E-state index in [1.54, 1.807) is 5.57 Å². The fourth-order valence-corrected chi connectivity index (χ4v) is 14.0. The van der Waals surface area contributed by atoms with E-state index in [-0.39, 0.29) is 69.0 Å². The van der Waals surface area contributed by atoms with Crippen molar-refractivity contribution in [2.24, 2.45) is 29.6 Å². The number of amides is 3. The van der Waals surface area contributed by atoms with Crippen molar-refractivity contribution in [3.63, 3.8) is 0 Å². The molecule has 12 rings (SSSR count). The molecule has 2 N–H and O–H groups in total. The highest BCUT2D eigenvalue weighted by Crippen LogP contribution is 2.42. The Hall–Kier alpha value is -7.06. The molecule has 5 aromatic rings. The van der Waals surface area contributed by atoms with Crippen molar-refractivity contribution in [1.29, 1.82) is 0 Å². The quantitative estimate of drug-likeness (QED) is 0.0692. The van der Waals surface area contributed by atoms with Crippen molar-refractivity contribution in [1.82, 2.24) is 30.1 Å². The Kier molecular flexibility index (Phi) is 19.5. The average molecular weight is 1160 g/mol. The first kappa shape index (κ1) is 61.0. The molecule has 0 spiro atoms. The van der Waals surface area contributed by atoms with Gasteiger partial charge >= 0.3 is 6.01 Å². The number of allylic oxidation sites excluding steroid dienone is 1. The maximum atomic E-state index is 16.0. The molecule has 2 aromatic heterocycles. The molecule has 3 amide bonds. The number of carbonyl (C=O) groups is 3. The predicted octanol–water partition coefficient (Wildman–Crippen LogP) is 12.1. The Balaban J connectivity index is 0.000000167. The summed E-state index contributed by atoms with van der Waals surface area (Å²) in [5.41, 5.74) is 5.15. The predicted molar refractivity (Wildman–Crippen MR) is 331 cm³/mol. The number of aromatic nitrogens is 3. The SMILES string of the molecule is C#Cc1c(F)ccc2cc(O)cc(-c3ncc4c(N5CCCC(C)C5)nc(OC)nc4c3F)c12.CC1CCC(=O)NC1=O.CCC(C)C(=O)N(C)c1cc(N2CCC(C3CCN(C(OCC4CCC5CCCN54)=C4CCC4)CC3)CC2)ccc1C. The van der Waals surface area contributed by atoms with Gasteiger partial charge in [0.05, 0.1) is 18.1 Å². The number of halogens is 2. The van der Waals surface area contributed by atoms with Gasteiger partial charge in [0.15, 0.2) is 11.7 Å². The van der Waals surface area contributed by atoms with E-state index in [4.69, 9.17) is 15.9 Å². The number of pyridine rings is 1. The largest absolute Gasteiger partial charge is 0.508 e. The number of fused-ring (bicyclic) bond motifs is 3. The molecule has 454 valence electrons. The Morgan fingerprint density at radius 1 is 0.882 bits per heavy atom. The zero-order valence-electron chi connectivity index (χ0n) is 51.0. The van der Waals surface area contributed by atoms with Crippen LogP contribution in [0.25, 0.3) is 32.9 Å². The maximum absolute atomic E-state index is 16.0. The number of methoxy groups -OCH3 is 1. The zero-order chi connectivity index (χ0) is 60.1. The Bertz CT molecular complexity index is 3330. The Morgan fingerprint density at radius 3 is 2.29 bits per heavy atom. The Labute approximate surface area is 500 Å². The number of benzene rings is 3. The summed E-state index contributed by atoms with van der Waals surface area (Å²) in [5.74, 6) is 4.85. The highest BCUT2D eigenvalue weighted by Gasteiger charge is 2.38. The van der Waals surface area contributed by atoms with E-state index in [0.29, 0.717) is 41.4 Å². The molecule has 8 heterocycles. The van der Waals surface area contributed by atoms with Crippen LogP contribution in [0.5, 0.6) is 11.8 Å². The van der Waals surface area contributed by atoms with Crippen LogP contribution in [0.4, 0.5) is 26.0 Å². The van der Waals surface area contributed by atoms with Crippen molar-refractivity contribution in [2.75, 3.05) is 81.3 Å². The number of piperidine rings is 4. The molecular weight excluding hydrogens is 1080 g/mol. The summed E-state index contributed by atoms with van der Waals surface area (Å²) >= 11 is 0. The van der Waals surface area contributed by atoms with E-state index in [9.17, 15) is 23.9 Å². The number of hydrogen-bond acceptors (Lipinski definition) is 13. The fraction of sp³-hybridized carbons (Fsp3) is 0.559. The second kappa shape index (κ2) is 27.1. The molecule has 85 heavy (non-hydrogen) atoms. The molecule has 17 heteroatoms. The molecule has 5 unspecified atom stereocenters. The van der Waals surface area contributed by atoms with E-state index in [0.717, 1.165) is 75.6 Å². The number of phenolic OH excluding ortho intramolecular Hbond substituents is 1. The minimum absolute atomic E-state index is 0.0164. The second-order valence-electron chi connectivity index (χ2n) is 25.1. The van der Waals surface area contributed by atoms with Gasteiger partial charge in [0.2, 0.25) is 17.7 Å². The lowest BCUT2D eigenvalue weighted by molar-refractivity contribution is -0.135. The lowest BCUT2D eigenvalue weighted by Crippen LogP contribution is -2.42. The number of nitrogens with one attached hydrogen (secondary N) is 1. The van der Waals surface area contributed by atoms with Crippen molar-refractivity contribution in [3.8, 4) is 35.4 Å². The molecule has 0 radical (unpaired) electrons. The first-order chi connectivity index (χ1) is 41.0. The molecule has 7 fully saturated rings. The van der Waals surface area contributed by atoms with Crippen LogP contribution in [-0.2, 0) is 19.1 Å². The van der Waals surface area contributed by atoms with E-state index in [2.05, 4.69) is 84.8 Å². The van der Waals surface area contributed by atoms with Crippen LogP contribution in [0, 0.1) is 60.5 Å². The van der Waals surface area contributed by atoms with Crippen LogP contribution in [0.3, 0.4) is 0 Å². The summed E-state index contributed by atoms with van der Waals surface area (Å²) in [6.45, 7) is 18.5. The fourth-order valence-electron chi connectivity index (χ4n) is 14.0. The van der Waals surface area contributed by atoms with Gasteiger partial charge in [-0.15, -0.1) is 6.42 Å². The molecule has 1 saturated carbocycles. The molecule has 7 aliphatic rings. The normalized spacial score (nSPS) is 22.4. The third-order valence-corrected chi connectivity index (χ3v) is 19.5. The van der Waals surface area contributed by atoms with Gasteiger partial charge in [0.1, 0.15) is 35.2 Å². The number of phenols is 1. The van der Waals surface area contributed by atoms with Crippen LogP contribution in [0.1, 0.15) is 142 Å². The lowest BCUT2D eigenvalue weighted by Gasteiger charge is -2.42. The maximum Gasteiger partial charge on any atom is 0.318 e. The van der Waals surface area contributed by atoms with Gasteiger partial charge in [-0.2, -0.15) is 9.97 Å². The first-order valence-electron chi connectivity index (χ1n) is 31.4. The number of carbonyl (C=O) groups excluding carboxylic acids is 3. The van der Waals surface area contributed by atoms with Crippen LogP contribution in [-0.4, -0.2) is 126 Å². The Morgan fingerprint density at radius 2 is 1.62 bits per heavy atom. The monoisotopic (exact) mass is 1160 g/mol. The smallest absolute Gasteiger partial charge is 0.318 e. The minimum Gasteiger partial charge on any atom is -0.508 e. The van der Waals surface area contributed by atoms with Gasteiger partial charge < -0.3 is 34.2 Å². The van der Waals surface area contributed by atoms with Crippen LogP contribution in [0.2, 0.25) is 0 Å². The van der Waals surface area contributed by atoms with Crippen molar-refractivity contribution in [3.05, 3.63) is 82.9 Å². The van der Waals surface area contributed by atoms with Crippen LogP contribution >= 0.6 is 0 Å². The van der Waals surface area contributed by atoms with Crippen LogP contribution in [0.15, 0.2) is 60.1 Å². The summed E-state index contributed by atoms with van der Waals surface area (Å²) in [5, 5.41) is 13.7. The van der Waals surface area contributed by atoms with Gasteiger partial charge in [0.25, 0.3) is 0 Å². The standard InChI is InChI=1S/C36H56N4O2.C26H22F2N4O2.C6H9NO2/c1-5-26(2)35(41)37(4)34-24-32(12-11-27(34)3)38-20-15-28(16-21-38)29-17-22-39(23-18-29)36(30-8-6-9-30)42-25-33-14-13-31-10-7-19-40(31)33;1-4-17-20(27)8-7-15-10-16(33)11-18(21(15)17)23-22(28)24-19(12-29-23)25(31-26(30-24)34-3)32-9-5-6-14(2)13-32;1-4-2-3-5(8)7-6(4)9/h11-12,24,26,28-29,31,33H,5-10,13-23,25H2,1-4H3;1,7-8,10-12,14,33H,5-6,9,13H2,2-3H3;4H,2-3H2,1H3,(H,7,8,9). The highest BCUT2D eigenvalue weighted by atomic mass is 19.1. The third-order valence-electron chi connectivity index (χ3n) is 19.5. The number of ether oxygens (including phenoxy) is 2. The van der Waals surface area contributed by atoms with Crippen molar-refractivity contribution >= 4 is 56.6 Å². The zero-order valence-corrected chi connectivity index (χ0v) is 51.0. The topological polar surface area (TPSA) is 157 Å². The number of aromatic hydroxyl groups is 1. The number of aryl methyl sites for hydroxylation is 1. The van der Waals surface area contributed by atoms with Gasteiger partial charge in [-0.3, -0.25) is 29.6 Å². The van der Waals surface area contributed by atoms with E-state index in [1.165, 1.54) is 145 Å². The van der Waals surface area contributed by atoms with Gasteiger partial charge in [0, 0.05) is 105 Å². The number of imide groups is 1. The lowest BCUT2D eigenvalue weighted by atomic mass is 9.78. The molecule has 6 saturated heterocycles. The summed E-state index contributed by atoms with van der Waals surface area (Å²) < 4.78 is 42.5. The van der Waals surface area contributed by atoms with E-state index < -0.39 is 11.6 Å². The van der Waals surface area contributed by atoms with E-state index in [1.807, 2.05) is 25.8 Å². The molecular formula is C68H87F2N9O6. The number of terminal acetylenes is 1. The van der Waals surface area contributed by atoms with Crippen molar-refractivity contribution in [2.45, 2.75) is 149 Å². The molecule has 15 nitrogen and oxygen atoms in total. The number of likely N-dealkylation sites (tertiary alicyclic amines) is 1. The average Bonchev–Trinajstić information content (AvgIpc) is 2.53. The first-order valence-corrected chi connectivity index (χ1v) is 31.4. The minimum atomic E-state index is -0.733. The molecule has 5 atom stereocenters. The molecule has 0 bridgehead atoms. The summed E-state index contributed by atoms with van der Waals surface area (Å²) in [7, 11) is 3.36. The van der Waals surface area contributed by atoms with Gasteiger partial charge in [-0.1, -0.05) is 45.7 Å². The summed E-state index contributed by atoms with van der Waals surface area (Å²) in [6, 6.07) is 13.7. The number of nitrogens with zero attached hydrogens (tertiary/aromatic N) is 8. The summed E-state index contributed by atoms with van der Waals surface area (Å²) in [6.07, 6.45) is 25.7. The number of anilines is 3. The van der Waals surface area contributed by atoms with Crippen molar-refractivity contribution < 1.29 is 37.7 Å². The van der Waals surface area contributed by atoms with Gasteiger partial charge in [-0.05, 0) is 174 Å². The van der Waals surface area contributed by atoms with Gasteiger partial charge in [-0.25, -0.2) is 8.78 Å². The van der Waals surface area contributed by atoms with Crippen LogP contribution < -0.4 is 24.8 Å². The number of rotatable bonds is 12. The highest BCUT2D eigenvalue weighted by molar-refractivity contribution is 6.03. The van der Waals surface area contributed by atoms with E-state index >= 15 is 4.39 Å². The number of hydrogen-bond donors (Lipinski definition) is 2. The molecule has 1 aliphatic carbocycles. The molecule has 3 aromatic carbocycles. The molecule has 6 aliphatic heterocycles. The summed E-state index contributed by atoms with van der Waals surface area (Å²) in [4.78, 5) is 59.1. The third kappa shape index (κ3) is 13.5.